The molecule has 1 unspecified atom stereocenters. The number of aromatic amines is 1. The van der Waals surface area contributed by atoms with Crippen LogP contribution in [0.2, 0.25) is 0 Å². The Morgan fingerprint density at radius 3 is 2.80 bits per heavy atom. The second-order valence-corrected chi connectivity index (χ2v) is 8.75. The zero-order valence-electron chi connectivity index (χ0n) is 19.6. The zero-order valence-corrected chi connectivity index (χ0v) is 19.6. The van der Waals surface area contributed by atoms with Crippen molar-refractivity contribution in [2.24, 2.45) is 5.92 Å². The van der Waals surface area contributed by atoms with Gasteiger partial charge in [-0.05, 0) is 60.7 Å². The van der Waals surface area contributed by atoms with Gasteiger partial charge in [0.15, 0.2) is 6.61 Å². The van der Waals surface area contributed by atoms with Gasteiger partial charge in [0.1, 0.15) is 23.9 Å². The normalized spacial score (nSPS) is 16.8. The zero-order chi connectivity index (χ0) is 24.2. The van der Waals surface area contributed by atoms with Crippen molar-refractivity contribution in [2.75, 3.05) is 38.7 Å². The van der Waals surface area contributed by atoms with Crippen LogP contribution in [0.15, 0.2) is 48.8 Å². The number of hydrogen-bond donors (Lipinski definition) is 2. The van der Waals surface area contributed by atoms with Gasteiger partial charge in [0.05, 0.1) is 24.9 Å². The van der Waals surface area contributed by atoms with Crippen molar-refractivity contribution in [1.29, 1.82) is 0 Å². The maximum Gasteiger partial charge on any atom is 0.260 e. The molecule has 5 rings (SSSR count). The van der Waals surface area contributed by atoms with Crippen molar-refractivity contribution >= 4 is 17.5 Å². The number of H-pyrrole nitrogens is 1. The van der Waals surface area contributed by atoms with Crippen LogP contribution in [0, 0.1) is 5.92 Å². The van der Waals surface area contributed by atoms with Gasteiger partial charge >= 0.3 is 0 Å². The fourth-order valence-corrected chi connectivity index (χ4v) is 4.43. The van der Waals surface area contributed by atoms with E-state index in [1.165, 1.54) is 0 Å². The van der Waals surface area contributed by atoms with E-state index in [-0.39, 0.29) is 30.9 Å². The summed E-state index contributed by atoms with van der Waals surface area (Å²) in [6, 6.07) is 11.1. The number of carbonyl (C=O) groups is 2. The molecule has 2 aromatic carbocycles. The molecule has 0 aliphatic carbocycles. The minimum Gasteiger partial charge on any atom is -0.497 e. The van der Waals surface area contributed by atoms with E-state index in [0.717, 1.165) is 54.1 Å². The van der Waals surface area contributed by atoms with E-state index in [1.807, 2.05) is 35.2 Å². The molecule has 1 atom stereocenters. The van der Waals surface area contributed by atoms with Gasteiger partial charge in [-0.15, -0.1) is 0 Å². The van der Waals surface area contributed by atoms with Gasteiger partial charge in [-0.2, -0.15) is 5.10 Å². The first-order valence-electron chi connectivity index (χ1n) is 11.7. The Morgan fingerprint density at radius 2 is 2.03 bits per heavy atom. The molecule has 3 heterocycles. The molecule has 2 amide bonds. The summed E-state index contributed by atoms with van der Waals surface area (Å²) in [5.74, 6) is 1.32. The smallest absolute Gasteiger partial charge is 0.260 e. The number of hydrogen-bond acceptors (Lipinski definition) is 6. The highest BCUT2D eigenvalue weighted by Gasteiger charge is 2.27. The summed E-state index contributed by atoms with van der Waals surface area (Å²) in [4.78, 5) is 27.5. The van der Waals surface area contributed by atoms with Crippen LogP contribution in [0.5, 0.6) is 17.2 Å². The lowest BCUT2D eigenvalue weighted by Crippen LogP contribution is -2.33. The summed E-state index contributed by atoms with van der Waals surface area (Å²) in [6.45, 7) is 1.71. The number of rotatable bonds is 7. The van der Waals surface area contributed by atoms with Crippen molar-refractivity contribution in [3.63, 3.8) is 0 Å². The quantitative estimate of drug-likeness (QED) is 0.542. The van der Waals surface area contributed by atoms with E-state index < -0.39 is 0 Å². The van der Waals surface area contributed by atoms with Gasteiger partial charge in [0.25, 0.3) is 5.91 Å². The number of amides is 2. The highest BCUT2D eigenvalue weighted by atomic mass is 16.5. The van der Waals surface area contributed by atoms with E-state index in [2.05, 4.69) is 15.5 Å². The number of likely N-dealkylation sites (tertiary alicyclic amines) is 1. The highest BCUT2D eigenvalue weighted by Crippen LogP contribution is 2.34. The third-order valence-electron chi connectivity index (χ3n) is 6.43. The summed E-state index contributed by atoms with van der Waals surface area (Å²) < 4.78 is 17.1. The van der Waals surface area contributed by atoms with Gasteiger partial charge in [-0.3, -0.25) is 14.7 Å². The Hall–Kier alpha value is -4.01. The lowest BCUT2D eigenvalue weighted by Gasteiger charge is -2.25. The van der Waals surface area contributed by atoms with Gasteiger partial charge in [-0.25, -0.2) is 0 Å². The molecule has 0 saturated carbocycles. The Labute approximate surface area is 203 Å². The molecule has 1 saturated heterocycles. The molecule has 35 heavy (non-hydrogen) atoms. The number of fused-ring (bicyclic) bond motifs is 1. The molecule has 1 fully saturated rings. The number of nitrogens with one attached hydrogen (secondary N) is 2. The Balaban J connectivity index is 1.33. The van der Waals surface area contributed by atoms with E-state index in [9.17, 15) is 9.59 Å². The molecule has 0 spiro atoms. The predicted molar refractivity (Wildman–Crippen MR) is 130 cm³/mol. The van der Waals surface area contributed by atoms with Crippen LogP contribution in [0.4, 0.5) is 5.69 Å². The van der Waals surface area contributed by atoms with Crippen LogP contribution in [0.25, 0.3) is 11.1 Å². The van der Waals surface area contributed by atoms with Gasteiger partial charge < -0.3 is 24.4 Å². The summed E-state index contributed by atoms with van der Waals surface area (Å²) in [6.07, 6.45) is 6.05. The fraction of sp³-hybridized carbons (Fsp3) is 0.346. The van der Waals surface area contributed by atoms with Crippen LogP contribution >= 0.6 is 0 Å². The lowest BCUT2D eigenvalue weighted by atomic mass is 9.95. The Morgan fingerprint density at radius 1 is 1.17 bits per heavy atom. The van der Waals surface area contributed by atoms with Gasteiger partial charge in [0, 0.05) is 24.8 Å². The minimum atomic E-state index is -0.373. The topological polar surface area (TPSA) is 106 Å². The third kappa shape index (κ3) is 5.08. The number of anilines is 1. The van der Waals surface area contributed by atoms with E-state index in [4.69, 9.17) is 14.2 Å². The van der Waals surface area contributed by atoms with Crippen LogP contribution < -0.4 is 19.5 Å². The Bertz CT molecular complexity index is 1200. The number of aromatic nitrogens is 2. The number of benzene rings is 2. The number of carbonyl (C=O) groups excluding carboxylic acids is 2. The molecule has 2 aliphatic rings. The maximum atomic E-state index is 13.2. The molecular formula is C26H28N4O5. The van der Waals surface area contributed by atoms with Crippen molar-refractivity contribution < 1.29 is 23.8 Å². The Kier molecular flexibility index (Phi) is 6.56. The molecule has 2 aliphatic heterocycles. The van der Waals surface area contributed by atoms with E-state index in [1.54, 1.807) is 25.6 Å². The first-order chi connectivity index (χ1) is 17.1. The molecule has 0 bridgehead atoms. The van der Waals surface area contributed by atoms with Crippen molar-refractivity contribution in [3.8, 4) is 28.4 Å². The number of methoxy groups -OCH3 is 1. The lowest BCUT2D eigenvalue weighted by molar-refractivity contribution is -0.132. The second kappa shape index (κ2) is 10.1. The van der Waals surface area contributed by atoms with Crippen LogP contribution in [-0.2, 0) is 16.0 Å². The van der Waals surface area contributed by atoms with Crippen LogP contribution in [-0.4, -0.2) is 60.3 Å². The average Bonchev–Trinajstić information content (AvgIpc) is 3.62. The monoisotopic (exact) mass is 476 g/mol. The molecular weight excluding hydrogens is 448 g/mol. The summed E-state index contributed by atoms with van der Waals surface area (Å²) in [5.41, 5.74) is 3.18. The highest BCUT2D eigenvalue weighted by molar-refractivity contribution is 5.95. The van der Waals surface area contributed by atoms with Crippen LogP contribution in [0.3, 0.4) is 0 Å². The van der Waals surface area contributed by atoms with Crippen LogP contribution in [0.1, 0.15) is 18.4 Å². The molecule has 9 heteroatoms. The van der Waals surface area contributed by atoms with Crippen molar-refractivity contribution in [2.45, 2.75) is 19.3 Å². The molecule has 3 aromatic rings. The summed E-state index contributed by atoms with van der Waals surface area (Å²) in [7, 11) is 1.61. The second-order valence-electron chi connectivity index (χ2n) is 8.75. The van der Waals surface area contributed by atoms with Crippen molar-refractivity contribution in [1.82, 2.24) is 15.1 Å². The standard InChI is InChI=1S/C26H28N4O5/c1-33-21-5-7-23-18(11-21)10-19(15-34-23)26(32)29-22-6-4-17(20-13-27-28-14-20)12-24(22)35-16-25(31)30-8-2-3-9-30/h4-7,11-14,19H,2-3,8-10,15-16H2,1H3,(H,27,28)(H,29,32). The SMILES string of the molecule is COc1ccc2c(c1)CC(C(=O)Nc1ccc(-c3cn[nH]c3)cc1OCC(=O)N1CCCC1)CO2. The average molecular weight is 477 g/mol. The van der Waals surface area contributed by atoms with Gasteiger partial charge in [-0.1, -0.05) is 6.07 Å². The predicted octanol–water partition coefficient (Wildman–Crippen LogP) is 3.28. The summed E-state index contributed by atoms with van der Waals surface area (Å²) in [5, 5.41) is 9.78. The maximum absolute atomic E-state index is 13.2. The minimum absolute atomic E-state index is 0.0558. The first-order valence-corrected chi connectivity index (χ1v) is 11.7. The number of ether oxygens (including phenoxy) is 3. The number of nitrogens with zero attached hydrogens (tertiary/aromatic N) is 2. The largest absolute Gasteiger partial charge is 0.497 e. The van der Waals surface area contributed by atoms with E-state index in [0.29, 0.717) is 17.9 Å². The molecule has 2 N–H and O–H groups in total. The third-order valence-corrected chi connectivity index (χ3v) is 6.43. The molecule has 182 valence electrons. The fourth-order valence-electron chi connectivity index (χ4n) is 4.43. The van der Waals surface area contributed by atoms with Crippen molar-refractivity contribution in [3.05, 3.63) is 54.4 Å². The molecule has 0 radical (unpaired) electrons. The van der Waals surface area contributed by atoms with E-state index >= 15 is 0 Å². The van der Waals surface area contributed by atoms with Gasteiger partial charge in [0.2, 0.25) is 5.91 Å². The first kappa shape index (κ1) is 22.8. The summed E-state index contributed by atoms with van der Waals surface area (Å²) >= 11 is 0. The molecule has 9 nitrogen and oxygen atoms in total. The molecule has 1 aromatic heterocycles.